The van der Waals surface area contributed by atoms with Crippen molar-refractivity contribution >= 4 is 91.8 Å². The standard InChI is InChI=1S/C28H38B2F2IN4O3P3/c1-40-26-15-19(43(2,3)39)9-10-22(26)34-12-5-6-18-14-20-23(36(18)17-27(32,41)42)7-4-8-24(20)37(33)25-11-13-35(16-21(25)31)28(29,30)38/h4,7-10,14-15,21,25,34,38H,11-13,16-17,29-30,41-42H2,1-3H3/t21-,25-/m1/s1. The summed E-state index contributed by atoms with van der Waals surface area (Å²) in [5, 5.41) is 13.6. The van der Waals surface area contributed by atoms with Crippen LogP contribution in [-0.4, -0.2) is 93.2 Å². The fourth-order valence-electron chi connectivity index (χ4n) is 5.23. The molecule has 0 amide bonds. The fourth-order valence-corrected chi connectivity index (χ4v) is 7.50. The van der Waals surface area contributed by atoms with Crippen LogP contribution in [0.4, 0.5) is 20.2 Å². The second-order valence-corrected chi connectivity index (χ2v) is 18.6. The molecule has 230 valence electrons. The average Bonchev–Trinajstić information content (AvgIpc) is 3.25. The molecular formula is C28H38B2F2IN4O3P3. The number of nitrogens with one attached hydrogen (secondary N) is 1. The van der Waals surface area contributed by atoms with Crippen LogP contribution in [0, 0.1) is 11.8 Å². The van der Waals surface area contributed by atoms with E-state index in [1.165, 1.54) is 0 Å². The molecule has 1 aliphatic heterocycles. The van der Waals surface area contributed by atoms with Gasteiger partial charge in [0.15, 0.2) is 5.15 Å². The lowest BCUT2D eigenvalue weighted by Crippen LogP contribution is -2.59. The lowest BCUT2D eigenvalue weighted by molar-refractivity contribution is -0.00956. The number of fused-ring (bicyclic) bond motifs is 1. The molecule has 7 nitrogen and oxygen atoms in total. The Labute approximate surface area is 273 Å². The van der Waals surface area contributed by atoms with Crippen LogP contribution in [0.15, 0.2) is 42.5 Å². The normalized spacial score (nSPS) is 18.3. The molecule has 3 aromatic rings. The predicted molar refractivity (Wildman–Crippen MR) is 196 cm³/mol. The number of hydrogen-bond acceptors (Lipinski definition) is 6. The van der Waals surface area contributed by atoms with E-state index in [4.69, 9.17) is 4.74 Å². The van der Waals surface area contributed by atoms with E-state index in [2.05, 4.69) is 58.5 Å². The molecule has 0 bridgehead atoms. The van der Waals surface area contributed by atoms with E-state index in [1.807, 2.05) is 44.1 Å². The number of ether oxygens (including phenoxy) is 1. The van der Waals surface area contributed by atoms with E-state index >= 15 is 4.39 Å². The Balaban J connectivity index is 1.62. The maximum atomic E-state index is 15.4. The lowest BCUT2D eigenvalue weighted by Gasteiger charge is -2.44. The van der Waals surface area contributed by atoms with E-state index < -0.39 is 24.0 Å². The summed E-state index contributed by atoms with van der Waals surface area (Å²) in [7, 11) is 6.91. The topological polar surface area (TPSA) is 70.0 Å². The Morgan fingerprint density at radius 1 is 1.28 bits per heavy atom. The second-order valence-electron chi connectivity index (χ2n) is 11.8. The maximum absolute atomic E-state index is 15.4. The summed E-state index contributed by atoms with van der Waals surface area (Å²) >= 11 is 2.17. The van der Waals surface area contributed by atoms with Crippen molar-refractivity contribution in [1.29, 1.82) is 0 Å². The third kappa shape index (κ3) is 8.48. The summed E-state index contributed by atoms with van der Waals surface area (Å²) < 4.78 is 52.1. The molecular weight excluding hydrogens is 720 g/mol. The Morgan fingerprint density at radius 3 is 2.60 bits per heavy atom. The summed E-state index contributed by atoms with van der Waals surface area (Å²) in [6.45, 7) is 4.48. The van der Waals surface area contributed by atoms with Crippen LogP contribution in [-0.2, 0) is 11.1 Å². The van der Waals surface area contributed by atoms with E-state index in [-0.39, 0.29) is 19.1 Å². The van der Waals surface area contributed by atoms with Crippen LogP contribution in [0.1, 0.15) is 12.1 Å². The molecule has 2 unspecified atom stereocenters. The molecule has 2 aromatic carbocycles. The minimum Gasteiger partial charge on any atom is -0.495 e. The summed E-state index contributed by atoms with van der Waals surface area (Å²) in [6, 6.07) is 12.7. The number of benzene rings is 2. The molecule has 1 saturated heterocycles. The number of rotatable bonds is 9. The highest BCUT2D eigenvalue weighted by Gasteiger charge is 2.38. The van der Waals surface area contributed by atoms with Crippen LogP contribution < -0.4 is 18.5 Å². The van der Waals surface area contributed by atoms with Gasteiger partial charge in [0.25, 0.3) is 0 Å². The first-order chi connectivity index (χ1) is 20.0. The van der Waals surface area contributed by atoms with Gasteiger partial charge in [0, 0.05) is 29.3 Å². The van der Waals surface area contributed by atoms with Gasteiger partial charge >= 0.3 is 0 Å². The highest BCUT2D eigenvalue weighted by Crippen LogP contribution is 2.39. The number of aromatic nitrogens is 1. The third-order valence-corrected chi connectivity index (χ3v) is 10.6. The van der Waals surface area contributed by atoms with Crippen molar-refractivity contribution in [3.8, 4) is 17.6 Å². The van der Waals surface area contributed by atoms with Crippen molar-refractivity contribution in [2.75, 3.05) is 48.5 Å². The number of anilines is 2. The molecule has 0 saturated carbocycles. The van der Waals surface area contributed by atoms with Crippen molar-refractivity contribution in [3.63, 3.8) is 0 Å². The minimum absolute atomic E-state index is 0.0348. The van der Waals surface area contributed by atoms with Crippen LogP contribution in [0.2, 0.25) is 0 Å². The Bertz CT molecular complexity index is 1580. The molecule has 43 heavy (non-hydrogen) atoms. The zero-order valence-electron chi connectivity index (χ0n) is 25.1. The Hall–Kier alpha value is -1.33. The first-order valence-electron chi connectivity index (χ1n) is 13.9. The quantitative estimate of drug-likeness (QED) is 0.115. The molecule has 2 N–H and O–H groups in total. The van der Waals surface area contributed by atoms with E-state index in [0.29, 0.717) is 31.0 Å². The van der Waals surface area contributed by atoms with Crippen molar-refractivity contribution in [3.05, 3.63) is 48.2 Å². The highest BCUT2D eigenvalue weighted by molar-refractivity contribution is 14.1. The molecule has 0 radical (unpaired) electrons. The lowest BCUT2D eigenvalue weighted by atomic mass is 9.71. The van der Waals surface area contributed by atoms with Gasteiger partial charge < -0.3 is 27.4 Å². The fraction of sp³-hybridized carbons (Fsp3) is 0.429. The number of piperidine rings is 1. The van der Waals surface area contributed by atoms with Crippen LogP contribution in [0.5, 0.6) is 5.75 Å². The average molecular weight is 758 g/mol. The second kappa shape index (κ2) is 13.6. The maximum Gasteiger partial charge on any atom is 0.153 e. The number of halogens is 3. The molecule has 4 rings (SSSR count). The zero-order chi connectivity index (χ0) is 31.7. The summed E-state index contributed by atoms with van der Waals surface area (Å²) in [5.41, 5.74) is 1.91. The van der Waals surface area contributed by atoms with E-state index in [0.717, 1.165) is 27.6 Å². The summed E-state index contributed by atoms with van der Waals surface area (Å²) in [6.07, 6.45) is -0.614. The molecule has 0 spiro atoms. The highest BCUT2D eigenvalue weighted by atomic mass is 127. The van der Waals surface area contributed by atoms with Gasteiger partial charge in [-0.25, -0.2) is 8.78 Å². The molecule has 1 aliphatic rings. The monoisotopic (exact) mass is 758 g/mol. The van der Waals surface area contributed by atoms with E-state index in [1.54, 1.807) is 47.1 Å². The van der Waals surface area contributed by atoms with Gasteiger partial charge in [0.2, 0.25) is 0 Å². The first-order valence-corrected chi connectivity index (χ1v) is 18.6. The minimum atomic E-state index is -2.43. The number of nitrogens with zero attached hydrogens (tertiary/aromatic N) is 3. The van der Waals surface area contributed by atoms with Crippen LogP contribution in [0.25, 0.3) is 10.9 Å². The summed E-state index contributed by atoms with van der Waals surface area (Å²) in [5.74, 6) is 6.91. The van der Waals surface area contributed by atoms with Crippen LogP contribution >= 0.6 is 48.5 Å². The van der Waals surface area contributed by atoms with Crippen molar-refractivity contribution in [2.45, 2.75) is 35.9 Å². The predicted octanol–water partition coefficient (Wildman–Crippen LogP) is 3.17. The van der Waals surface area contributed by atoms with Gasteiger partial charge in [0.1, 0.15) is 34.8 Å². The molecule has 0 aliphatic carbocycles. The molecule has 15 heteroatoms. The molecule has 1 fully saturated rings. The number of aliphatic hydroxyl groups is 1. The van der Waals surface area contributed by atoms with Crippen molar-refractivity contribution < 1.29 is 23.2 Å². The Kier molecular flexibility index (Phi) is 10.9. The van der Waals surface area contributed by atoms with Gasteiger partial charge in [0.05, 0.1) is 71.7 Å². The molecule has 4 atom stereocenters. The number of methoxy groups -OCH3 is 1. The molecule has 1 aromatic heterocycles. The van der Waals surface area contributed by atoms with Crippen molar-refractivity contribution in [1.82, 2.24) is 9.47 Å². The SMILES string of the molecule is BC(B)(O)N1CC[C@@H](N(I)c2cccc3c2cc(C#CCNc2ccc(P(C)(C)=O)cc2OC)n3CC(F)(P)P)[C@H](F)C1. The van der Waals surface area contributed by atoms with Crippen LogP contribution in [0.3, 0.4) is 0 Å². The van der Waals surface area contributed by atoms with Gasteiger partial charge in [-0.1, -0.05) is 30.5 Å². The number of alkyl halides is 2. The van der Waals surface area contributed by atoms with Gasteiger partial charge in [-0.2, -0.15) is 0 Å². The van der Waals surface area contributed by atoms with Crippen molar-refractivity contribution in [2.24, 2.45) is 0 Å². The van der Waals surface area contributed by atoms with Gasteiger partial charge in [-0.05, 0) is 62.1 Å². The van der Waals surface area contributed by atoms with Gasteiger partial charge in [-0.3, -0.25) is 4.90 Å². The number of likely N-dealkylation sites (tertiary alicyclic amines) is 1. The van der Waals surface area contributed by atoms with Gasteiger partial charge in [-0.15, -0.1) is 0 Å². The third-order valence-electron chi connectivity index (χ3n) is 7.52. The smallest absolute Gasteiger partial charge is 0.153 e. The van der Waals surface area contributed by atoms with E-state index in [9.17, 15) is 14.1 Å². The Morgan fingerprint density at radius 2 is 2.00 bits per heavy atom. The largest absolute Gasteiger partial charge is 0.495 e. The zero-order valence-corrected chi connectivity index (χ0v) is 30.4. The molecule has 2 heterocycles. The first kappa shape index (κ1) is 34.5. The summed E-state index contributed by atoms with van der Waals surface area (Å²) in [4.78, 5) is 1.76. The number of hydrogen-bond donors (Lipinski definition) is 2.